The van der Waals surface area contributed by atoms with Crippen LogP contribution >= 0.6 is 0 Å². The second-order valence-corrected chi connectivity index (χ2v) is 7.17. The Morgan fingerprint density at radius 1 is 1.17 bits per heavy atom. The molecule has 1 saturated heterocycles. The van der Waals surface area contributed by atoms with Crippen molar-refractivity contribution in [3.8, 4) is 0 Å². The summed E-state index contributed by atoms with van der Waals surface area (Å²) in [6.07, 6.45) is 14.1. The number of hydrogen-bond acceptors (Lipinski definition) is 4. The molecular weight excluding hydrogens is 304 g/mol. The molecule has 0 bridgehead atoms. The number of carbonyl (C=O) groups excluding carboxylic acids is 1. The van der Waals surface area contributed by atoms with Crippen LogP contribution in [0, 0.1) is 11.8 Å². The van der Waals surface area contributed by atoms with Crippen LogP contribution in [0.4, 0.5) is 0 Å². The zero-order chi connectivity index (χ0) is 17.3. The van der Waals surface area contributed by atoms with Gasteiger partial charge in [-0.05, 0) is 37.7 Å². The zero-order valence-corrected chi connectivity index (χ0v) is 15.2. The first kappa shape index (κ1) is 19.6. The number of carbonyl (C=O) groups is 1. The van der Waals surface area contributed by atoms with Gasteiger partial charge in [0, 0.05) is 25.4 Å². The van der Waals surface area contributed by atoms with Crippen LogP contribution in [-0.2, 0) is 14.3 Å². The zero-order valence-electron chi connectivity index (χ0n) is 15.2. The molecule has 24 heavy (non-hydrogen) atoms. The van der Waals surface area contributed by atoms with E-state index in [-0.39, 0.29) is 5.78 Å². The first-order chi connectivity index (χ1) is 11.7. The smallest absolute Gasteiger partial charge is 0.171 e. The number of rotatable bonds is 11. The minimum atomic E-state index is -0.395. The van der Waals surface area contributed by atoms with Gasteiger partial charge in [-0.25, -0.2) is 0 Å². The molecule has 0 aromatic heterocycles. The molecule has 1 saturated carbocycles. The summed E-state index contributed by atoms with van der Waals surface area (Å²) in [5.74, 6) is 0.591. The van der Waals surface area contributed by atoms with E-state index < -0.39 is 5.79 Å². The largest absolute Gasteiger partial charge is 0.396 e. The second-order valence-electron chi connectivity index (χ2n) is 7.17. The van der Waals surface area contributed by atoms with Gasteiger partial charge in [0.1, 0.15) is 0 Å². The van der Waals surface area contributed by atoms with Crippen molar-refractivity contribution in [3.63, 3.8) is 0 Å². The lowest BCUT2D eigenvalue weighted by molar-refractivity contribution is -0.186. The van der Waals surface area contributed by atoms with Crippen molar-refractivity contribution in [3.05, 3.63) is 12.2 Å². The molecule has 2 fully saturated rings. The molecule has 0 amide bonds. The maximum atomic E-state index is 11.8. The van der Waals surface area contributed by atoms with E-state index in [1.54, 1.807) is 6.08 Å². The van der Waals surface area contributed by atoms with E-state index >= 15 is 0 Å². The highest BCUT2D eigenvalue weighted by molar-refractivity contribution is 5.89. The molecule has 1 aliphatic carbocycles. The lowest BCUT2D eigenvalue weighted by atomic mass is 9.87. The van der Waals surface area contributed by atoms with Crippen molar-refractivity contribution in [1.82, 2.24) is 0 Å². The molecule has 138 valence electrons. The number of hydrogen-bond donors (Lipinski definition) is 1. The third kappa shape index (κ3) is 5.40. The fourth-order valence-electron chi connectivity index (χ4n) is 4.14. The van der Waals surface area contributed by atoms with Gasteiger partial charge in [0.05, 0.1) is 13.2 Å². The Morgan fingerprint density at radius 2 is 1.88 bits per heavy atom. The molecule has 1 spiro atoms. The van der Waals surface area contributed by atoms with Crippen molar-refractivity contribution >= 4 is 5.78 Å². The maximum Gasteiger partial charge on any atom is 0.171 e. The second kappa shape index (κ2) is 10.3. The molecule has 1 heterocycles. The quantitative estimate of drug-likeness (QED) is 0.457. The fourth-order valence-corrected chi connectivity index (χ4v) is 4.14. The molecule has 2 aliphatic rings. The van der Waals surface area contributed by atoms with Gasteiger partial charge in [0.2, 0.25) is 0 Å². The van der Waals surface area contributed by atoms with E-state index in [4.69, 9.17) is 14.6 Å². The summed E-state index contributed by atoms with van der Waals surface area (Å²) >= 11 is 0. The SMILES string of the molecule is CCCC(=O)C=CC1CCC2(OCCO2)C1CCCCCCCO. The van der Waals surface area contributed by atoms with E-state index in [9.17, 15) is 4.79 Å². The number of unbranched alkanes of at least 4 members (excludes halogenated alkanes) is 4. The summed E-state index contributed by atoms with van der Waals surface area (Å²) in [7, 11) is 0. The third-order valence-electron chi connectivity index (χ3n) is 5.38. The van der Waals surface area contributed by atoms with E-state index in [1.165, 1.54) is 12.8 Å². The summed E-state index contributed by atoms with van der Waals surface area (Å²) in [5.41, 5.74) is 0. The van der Waals surface area contributed by atoms with Gasteiger partial charge in [-0.2, -0.15) is 0 Å². The normalized spacial score (nSPS) is 25.9. The highest BCUT2D eigenvalue weighted by Crippen LogP contribution is 2.48. The molecule has 0 radical (unpaired) electrons. The Kier molecular flexibility index (Phi) is 8.43. The monoisotopic (exact) mass is 338 g/mol. The van der Waals surface area contributed by atoms with Gasteiger partial charge in [-0.3, -0.25) is 4.79 Å². The number of aliphatic hydroxyl groups excluding tert-OH is 1. The van der Waals surface area contributed by atoms with Crippen molar-refractivity contribution in [2.45, 2.75) is 76.9 Å². The molecule has 4 nitrogen and oxygen atoms in total. The van der Waals surface area contributed by atoms with E-state index in [0.29, 0.717) is 38.1 Å². The molecule has 1 N–H and O–H groups in total. The van der Waals surface area contributed by atoms with Crippen molar-refractivity contribution in [2.24, 2.45) is 11.8 Å². The highest BCUT2D eigenvalue weighted by atomic mass is 16.7. The van der Waals surface area contributed by atoms with Crippen molar-refractivity contribution in [2.75, 3.05) is 19.8 Å². The minimum Gasteiger partial charge on any atom is -0.396 e. The summed E-state index contributed by atoms with van der Waals surface area (Å²) < 4.78 is 12.0. The Hall–Kier alpha value is -0.710. The van der Waals surface area contributed by atoms with Crippen LogP contribution < -0.4 is 0 Å². The lowest BCUT2D eigenvalue weighted by Gasteiger charge is -2.31. The highest BCUT2D eigenvalue weighted by Gasteiger charge is 2.51. The van der Waals surface area contributed by atoms with Crippen LogP contribution in [0.1, 0.15) is 71.1 Å². The van der Waals surface area contributed by atoms with E-state index in [2.05, 4.69) is 6.08 Å². The maximum absolute atomic E-state index is 11.8. The van der Waals surface area contributed by atoms with Gasteiger partial charge >= 0.3 is 0 Å². The first-order valence-electron chi connectivity index (χ1n) is 9.81. The topological polar surface area (TPSA) is 55.8 Å². The Morgan fingerprint density at radius 3 is 2.58 bits per heavy atom. The third-order valence-corrected chi connectivity index (χ3v) is 5.38. The van der Waals surface area contributed by atoms with Gasteiger partial charge in [-0.1, -0.05) is 38.7 Å². The first-order valence-corrected chi connectivity index (χ1v) is 9.81. The minimum absolute atomic E-state index is 0.231. The standard InChI is InChI=1S/C20H34O4/c1-2-8-18(22)11-10-17-12-13-20(23-15-16-24-20)19(17)9-6-4-3-5-7-14-21/h10-11,17,19,21H,2-9,12-16H2,1H3. The molecular formula is C20H34O4. The molecule has 1 aliphatic heterocycles. The lowest BCUT2D eigenvalue weighted by Crippen LogP contribution is -2.36. The molecule has 0 aromatic carbocycles. The summed E-state index contributed by atoms with van der Waals surface area (Å²) in [6.45, 7) is 3.72. The van der Waals surface area contributed by atoms with Crippen molar-refractivity contribution < 1.29 is 19.4 Å². The average molecular weight is 338 g/mol. The summed E-state index contributed by atoms with van der Waals surface area (Å²) in [6, 6.07) is 0. The number of allylic oxidation sites excluding steroid dienone is 2. The van der Waals surface area contributed by atoms with Crippen molar-refractivity contribution in [1.29, 1.82) is 0 Å². The Labute approximate surface area is 146 Å². The van der Waals surface area contributed by atoms with Crippen LogP contribution in [0.15, 0.2) is 12.2 Å². The number of ether oxygens (including phenoxy) is 2. The van der Waals surface area contributed by atoms with Gasteiger partial charge in [-0.15, -0.1) is 0 Å². The molecule has 2 atom stereocenters. The number of aliphatic hydroxyl groups is 1. The average Bonchev–Trinajstić information content (AvgIpc) is 3.18. The van der Waals surface area contributed by atoms with Crippen LogP contribution in [-0.4, -0.2) is 36.5 Å². The van der Waals surface area contributed by atoms with Gasteiger partial charge in [0.15, 0.2) is 11.6 Å². The molecule has 0 aromatic rings. The fraction of sp³-hybridized carbons (Fsp3) is 0.850. The molecule has 2 unspecified atom stereocenters. The predicted molar refractivity (Wildman–Crippen MR) is 94.7 cm³/mol. The van der Waals surface area contributed by atoms with Crippen LogP contribution in [0.5, 0.6) is 0 Å². The molecule has 2 rings (SSSR count). The van der Waals surface area contributed by atoms with Crippen LogP contribution in [0.25, 0.3) is 0 Å². The van der Waals surface area contributed by atoms with E-state index in [1.807, 2.05) is 6.92 Å². The van der Waals surface area contributed by atoms with Gasteiger partial charge < -0.3 is 14.6 Å². The summed E-state index contributed by atoms with van der Waals surface area (Å²) in [5, 5.41) is 8.84. The Bertz CT molecular complexity index is 398. The Balaban J connectivity index is 1.87. The van der Waals surface area contributed by atoms with Crippen LogP contribution in [0.3, 0.4) is 0 Å². The predicted octanol–water partition coefficient (Wildman–Crippen LogP) is 4.01. The van der Waals surface area contributed by atoms with Gasteiger partial charge in [0.25, 0.3) is 0 Å². The van der Waals surface area contributed by atoms with Crippen LogP contribution in [0.2, 0.25) is 0 Å². The summed E-state index contributed by atoms with van der Waals surface area (Å²) in [4.78, 5) is 11.8. The number of ketones is 1. The van der Waals surface area contributed by atoms with E-state index in [0.717, 1.165) is 44.9 Å². The molecule has 4 heteroatoms.